The van der Waals surface area contributed by atoms with Crippen LogP contribution in [0.5, 0.6) is 0 Å². The quantitative estimate of drug-likeness (QED) is 0.678. The van der Waals surface area contributed by atoms with E-state index in [1.807, 2.05) is 19.2 Å². The number of hydrogen-bond donors (Lipinski definition) is 2. The summed E-state index contributed by atoms with van der Waals surface area (Å²) in [4.78, 5) is 26.6. The molecule has 2 aromatic carbocycles. The van der Waals surface area contributed by atoms with Gasteiger partial charge in [-0.3, -0.25) is 9.59 Å². The molecule has 0 radical (unpaired) electrons. The third-order valence-electron chi connectivity index (χ3n) is 4.11. The monoisotopic (exact) mass is 389 g/mol. The number of ether oxygens (including phenoxy) is 1. The first-order chi connectivity index (χ1) is 13.0. The highest BCUT2D eigenvalue weighted by atomic mass is 35.5. The molecule has 2 N–H and O–H groups in total. The number of amides is 2. The zero-order valence-electron chi connectivity index (χ0n) is 15.7. The van der Waals surface area contributed by atoms with Gasteiger partial charge in [0, 0.05) is 44.2 Å². The Labute approximate surface area is 164 Å². The Morgan fingerprint density at radius 1 is 1.11 bits per heavy atom. The smallest absolute Gasteiger partial charge is 0.255 e. The number of methoxy groups -OCH3 is 1. The molecule has 2 aromatic rings. The van der Waals surface area contributed by atoms with E-state index in [1.54, 1.807) is 37.4 Å². The molecule has 0 atom stereocenters. The highest BCUT2D eigenvalue weighted by Crippen LogP contribution is 2.22. The van der Waals surface area contributed by atoms with Crippen LogP contribution >= 0.6 is 11.6 Å². The summed E-state index contributed by atoms with van der Waals surface area (Å²) in [6.07, 6.45) is 0. The average Bonchev–Trinajstić information content (AvgIpc) is 2.67. The minimum Gasteiger partial charge on any atom is -0.383 e. The van der Waals surface area contributed by atoms with Crippen LogP contribution in [0.1, 0.15) is 27.6 Å². The number of carbonyl (C=O) groups is 2. The SMILES string of the molecule is CCN(C)c1ccc(C(=O)Nc2ccc(C(=O)NCCOC)c(Cl)c2)cc1. The van der Waals surface area contributed by atoms with E-state index in [4.69, 9.17) is 16.3 Å². The Bertz CT molecular complexity index is 794. The predicted molar refractivity (Wildman–Crippen MR) is 109 cm³/mol. The fourth-order valence-corrected chi connectivity index (χ4v) is 2.66. The van der Waals surface area contributed by atoms with Crippen LogP contribution in [0.3, 0.4) is 0 Å². The lowest BCUT2D eigenvalue weighted by Crippen LogP contribution is -2.27. The maximum atomic E-state index is 12.4. The Kier molecular flexibility index (Phi) is 7.64. The van der Waals surface area contributed by atoms with Crippen LogP contribution in [-0.2, 0) is 4.74 Å². The standard InChI is InChI=1S/C20H24ClN3O3/c1-4-24(2)16-8-5-14(6-9-16)19(25)23-15-7-10-17(18(21)13-15)20(26)22-11-12-27-3/h5-10,13H,4,11-12H2,1-3H3,(H,22,26)(H,23,25). The van der Waals surface area contributed by atoms with Gasteiger partial charge in [-0.05, 0) is 49.4 Å². The molecule has 27 heavy (non-hydrogen) atoms. The molecule has 2 rings (SSSR count). The van der Waals surface area contributed by atoms with Gasteiger partial charge < -0.3 is 20.3 Å². The molecular weight excluding hydrogens is 366 g/mol. The normalized spacial score (nSPS) is 10.4. The van der Waals surface area contributed by atoms with Gasteiger partial charge in [0.25, 0.3) is 11.8 Å². The zero-order valence-corrected chi connectivity index (χ0v) is 16.5. The maximum absolute atomic E-state index is 12.4. The van der Waals surface area contributed by atoms with Gasteiger partial charge in [-0.15, -0.1) is 0 Å². The Morgan fingerprint density at radius 3 is 2.41 bits per heavy atom. The fraction of sp³-hybridized carbons (Fsp3) is 0.300. The molecule has 0 saturated carbocycles. The first-order valence-electron chi connectivity index (χ1n) is 8.65. The third kappa shape index (κ3) is 5.70. The van der Waals surface area contributed by atoms with Crippen LogP contribution in [-0.4, -0.2) is 45.7 Å². The molecule has 7 heteroatoms. The van der Waals surface area contributed by atoms with Crippen LogP contribution in [0.2, 0.25) is 5.02 Å². The number of rotatable bonds is 8. The lowest BCUT2D eigenvalue weighted by atomic mass is 10.1. The van der Waals surface area contributed by atoms with Crippen molar-refractivity contribution < 1.29 is 14.3 Å². The topological polar surface area (TPSA) is 70.7 Å². The predicted octanol–water partition coefficient (Wildman–Crippen LogP) is 3.42. The van der Waals surface area contributed by atoms with Gasteiger partial charge in [-0.1, -0.05) is 11.6 Å². The molecule has 0 saturated heterocycles. The molecule has 0 spiro atoms. The minimum atomic E-state index is -0.287. The van der Waals surface area contributed by atoms with E-state index in [0.29, 0.717) is 30.0 Å². The van der Waals surface area contributed by atoms with Crippen molar-refractivity contribution in [1.82, 2.24) is 5.32 Å². The van der Waals surface area contributed by atoms with Crippen molar-refractivity contribution in [2.45, 2.75) is 6.92 Å². The molecule has 0 aliphatic rings. The van der Waals surface area contributed by atoms with Crippen molar-refractivity contribution in [2.24, 2.45) is 0 Å². The van der Waals surface area contributed by atoms with Gasteiger partial charge in [-0.25, -0.2) is 0 Å². The second-order valence-electron chi connectivity index (χ2n) is 5.96. The molecule has 6 nitrogen and oxygen atoms in total. The summed E-state index contributed by atoms with van der Waals surface area (Å²) in [5.41, 5.74) is 2.45. The van der Waals surface area contributed by atoms with Gasteiger partial charge in [-0.2, -0.15) is 0 Å². The molecule has 2 amide bonds. The molecule has 0 aromatic heterocycles. The van der Waals surface area contributed by atoms with Crippen molar-refractivity contribution in [1.29, 1.82) is 0 Å². The first-order valence-corrected chi connectivity index (χ1v) is 9.03. The Morgan fingerprint density at radius 2 is 1.81 bits per heavy atom. The van der Waals surface area contributed by atoms with Gasteiger partial charge in [0.15, 0.2) is 0 Å². The molecule has 0 aliphatic carbocycles. The van der Waals surface area contributed by atoms with Crippen LogP contribution in [0, 0.1) is 0 Å². The van der Waals surface area contributed by atoms with Gasteiger partial charge in [0.05, 0.1) is 17.2 Å². The molecule has 0 unspecified atom stereocenters. The Balaban J connectivity index is 2.03. The molecule has 0 bridgehead atoms. The van der Waals surface area contributed by atoms with E-state index in [2.05, 4.69) is 22.5 Å². The summed E-state index contributed by atoms with van der Waals surface area (Å²) in [5, 5.41) is 5.76. The minimum absolute atomic E-state index is 0.242. The summed E-state index contributed by atoms with van der Waals surface area (Å²) in [7, 11) is 3.55. The number of nitrogens with one attached hydrogen (secondary N) is 2. The van der Waals surface area contributed by atoms with Crippen molar-refractivity contribution >= 4 is 34.8 Å². The zero-order chi connectivity index (χ0) is 19.8. The number of halogens is 1. The summed E-state index contributed by atoms with van der Waals surface area (Å²) in [6.45, 7) is 3.76. The second kappa shape index (κ2) is 9.94. The molecule has 0 fully saturated rings. The van der Waals surface area contributed by atoms with Crippen molar-refractivity contribution in [3.05, 3.63) is 58.6 Å². The van der Waals surface area contributed by atoms with Gasteiger partial charge in [0.1, 0.15) is 0 Å². The maximum Gasteiger partial charge on any atom is 0.255 e. The van der Waals surface area contributed by atoms with E-state index in [9.17, 15) is 9.59 Å². The number of anilines is 2. The van der Waals surface area contributed by atoms with Crippen LogP contribution in [0.15, 0.2) is 42.5 Å². The number of benzene rings is 2. The average molecular weight is 390 g/mol. The summed E-state index contributed by atoms with van der Waals surface area (Å²) < 4.78 is 4.89. The van der Waals surface area contributed by atoms with Crippen LogP contribution in [0.4, 0.5) is 11.4 Å². The van der Waals surface area contributed by atoms with E-state index in [0.717, 1.165) is 12.2 Å². The molecule has 0 heterocycles. The summed E-state index contributed by atoms with van der Waals surface area (Å²) in [5.74, 6) is -0.528. The fourth-order valence-electron chi connectivity index (χ4n) is 2.39. The number of carbonyl (C=O) groups excluding carboxylic acids is 2. The third-order valence-corrected chi connectivity index (χ3v) is 4.42. The lowest BCUT2D eigenvalue weighted by molar-refractivity contribution is 0.0937. The van der Waals surface area contributed by atoms with E-state index in [-0.39, 0.29) is 16.8 Å². The van der Waals surface area contributed by atoms with Crippen LogP contribution in [0.25, 0.3) is 0 Å². The summed E-state index contributed by atoms with van der Waals surface area (Å²) >= 11 is 6.19. The molecular formula is C20H24ClN3O3. The van der Waals surface area contributed by atoms with Gasteiger partial charge in [0.2, 0.25) is 0 Å². The number of nitrogens with zero attached hydrogens (tertiary/aromatic N) is 1. The Hall–Kier alpha value is -2.57. The number of hydrogen-bond acceptors (Lipinski definition) is 4. The molecule has 144 valence electrons. The highest BCUT2D eigenvalue weighted by Gasteiger charge is 2.12. The van der Waals surface area contributed by atoms with E-state index < -0.39 is 0 Å². The molecule has 0 aliphatic heterocycles. The van der Waals surface area contributed by atoms with E-state index >= 15 is 0 Å². The highest BCUT2D eigenvalue weighted by molar-refractivity contribution is 6.34. The second-order valence-corrected chi connectivity index (χ2v) is 6.37. The van der Waals surface area contributed by atoms with Crippen molar-refractivity contribution in [2.75, 3.05) is 44.1 Å². The van der Waals surface area contributed by atoms with Gasteiger partial charge >= 0.3 is 0 Å². The van der Waals surface area contributed by atoms with E-state index in [1.165, 1.54) is 0 Å². The summed E-state index contributed by atoms with van der Waals surface area (Å²) in [6, 6.07) is 12.1. The van der Waals surface area contributed by atoms with Crippen molar-refractivity contribution in [3.63, 3.8) is 0 Å². The first kappa shape index (κ1) is 20.7. The van der Waals surface area contributed by atoms with Crippen LogP contribution < -0.4 is 15.5 Å². The largest absolute Gasteiger partial charge is 0.383 e. The van der Waals surface area contributed by atoms with Crippen molar-refractivity contribution in [3.8, 4) is 0 Å². The lowest BCUT2D eigenvalue weighted by Gasteiger charge is -2.16.